The molecule has 134 valence electrons. The summed E-state index contributed by atoms with van der Waals surface area (Å²) in [6.07, 6.45) is 3.74. The molecule has 3 rings (SSSR count). The van der Waals surface area contributed by atoms with E-state index in [1.54, 1.807) is 7.11 Å². The minimum Gasteiger partial charge on any atom is -0.497 e. The maximum atomic E-state index is 5.69. The predicted octanol–water partition coefficient (Wildman–Crippen LogP) is 1.49. The van der Waals surface area contributed by atoms with Crippen LogP contribution in [0.4, 0.5) is 5.95 Å². The maximum absolute atomic E-state index is 5.69. The van der Waals surface area contributed by atoms with Crippen LogP contribution in [0.25, 0.3) is 0 Å². The molecule has 1 aromatic carbocycles. The zero-order chi connectivity index (χ0) is 17.3. The van der Waals surface area contributed by atoms with Gasteiger partial charge >= 0.3 is 0 Å². The van der Waals surface area contributed by atoms with Crippen molar-refractivity contribution in [2.75, 3.05) is 51.5 Å². The number of hydrogen-bond acceptors (Lipinski definition) is 7. The van der Waals surface area contributed by atoms with E-state index in [9.17, 15) is 0 Å². The zero-order valence-electron chi connectivity index (χ0n) is 14.5. The Bertz CT molecular complexity index is 645. The van der Waals surface area contributed by atoms with E-state index in [1.165, 1.54) is 0 Å². The molecular weight excluding hydrogens is 320 g/mol. The van der Waals surface area contributed by atoms with E-state index < -0.39 is 0 Å². The van der Waals surface area contributed by atoms with Gasteiger partial charge in [0.1, 0.15) is 18.1 Å². The Hall–Kier alpha value is -2.38. The van der Waals surface area contributed by atoms with Crippen LogP contribution < -0.4 is 19.7 Å². The monoisotopic (exact) mass is 344 g/mol. The topological polar surface area (TPSA) is 68.7 Å². The molecule has 0 spiro atoms. The molecule has 2 aromatic rings. The van der Waals surface area contributed by atoms with Crippen LogP contribution >= 0.6 is 0 Å². The van der Waals surface area contributed by atoms with Crippen LogP contribution in [-0.2, 0) is 11.3 Å². The van der Waals surface area contributed by atoms with Gasteiger partial charge in [-0.1, -0.05) is 6.07 Å². The van der Waals surface area contributed by atoms with Crippen molar-refractivity contribution >= 4 is 5.95 Å². The number of hydrogen-bond donors (Lipinski definition) is 1. The lowest BCUT2D eigenvalue weighted by Gasteiger charge is -2.26. The van der Waals surface area contributed by atoms with Gasteiger partial charge in [0.25, 0.3) is 0 Å². The molecule has 1 aliphatic rings. The Kier molecular flexibility index (Phi) is 6.42. The highest BCUT2D eigenvalue weighted by Gasteiger charge is 2.13. The molecule has 1 aliphatic heterocycles. The van der Waals surface area contributed by atoms with Crippen molar-refractivity contribution in [3.8, 4) is 11.5 Å². The predicted molar refractivity (Wildman–Crippen MR) is 95.3 cm³/mol. The van der Waals surface area contributed by atoms with Crippen LogP contribution in [0.2, 0.25) is 0 Å². The number of benzene rings is 1. The first kappa shape index (κ1) is 17.4. The molecule has 0 aliphatic carbocycles. The smallest absolute Gasteiger partial charge is 0.225 e. The summed E-state index contributed by atoms with van der Waals surface area (Å²) in [6, 6.07) is 7.60. The van der Waals surface area contributed by atoms with Gasteiger partial charge in [0.15, 0.2) is 0 Å². The molecule has 0 atom stereocenters. The van der Waals surface area contributed by atoms with E-state index in [0.29, 0.717) is 13.2 Å². The van der Waals surface area contributed by atoms with Gasteiger partial charge in [-0.2, -0.15) is 0 Å². The molecule has 0 unspecified atom stereocenters. The second kappa shape index (κ2) is 9.19. The van der Waals surface area contributed by atoms with Gasteiger partial charge in [0.05, 0.1) is 20.3 Å². The van der Waals surface area contributed by atoms with Crippen LogP contribution in [0.3, 0.4) is 0 Å². The van der Waals surface area contributed by atoms with Crippen molar-refractivity contribution in [1.82, 2.24) is 15.3 Å². The summed E-state index contributed by atoms with van der Waals surface area (Å²) in [5.74, 6) is 2.37. The fraction of sp³-hybridized carbons (Fsp3) is 0.444. The Morgan fingerprint density at radius 3 is 2.68 bits per heavy atom. The quantitative estimate of drug-likeness (QED) is 0.728. The Morgan fingerprint density at radius 2 is 1.92 bits per heavy atom. The number of methoxy groups -OCH3 is 1. The van der Waals surface area contributed by atoms with Gasteiger partial charge in [-0.05, 0) is 12.1 Å². The van der Waals surface area contributed by atoms with E-state index in [2.05, 4.69) is 20.2 Å². The molecule has 1 saturated heterocycles. The van der Waals surface area contributed by atoms with Crippen molar-refractivity contribution in [3.05, 3.63) is 42.2 Å². The van der Waals surface area contributed by atoms with Gasteiger partial charge in [-0.25, -0.2) is 9.97 Å². The minimum absolute atomic E-state index is 0.583. The number of nitrogens with one attached hydrogen (secondary N) is 1. The van der Waals surface area contributed by atoms with Crippen molar-refractivity contribution < 1.29 is 14.2 Å². The average Bonchev–Trinajstić information content (AvgIpc) is 2.69. The van der Waals surface area contributed by atoms with E-state index >= 15 is 0 Å². The highest BCUT2D eigenvalue weighted by Crippen LogP contribution is 2.18. The van der Waals surface area contributed by atoms with Crippen molar-refractivity contribution in [2.45, 2.75) is 6.54 Å². The summed E-state index contributed by atoms with van der Waals surface area (Å²) in [5.41, 5.74) is 1.05. The molecule has 25 heavy (non-hydrogen) atoms. The summed E-state index contributed by atoms with van der Waals surface area (Å²) in [5, 5.41) is 3.33. The molecular formula is C18H24N4O3. The highest BCUT2D eigenvalue weighted by atomic mass is 16.5. The second-order valence-electron chi connectivity index (χ2n) is 5.69. The molecule has 7 heteroatoms. The average molecular weight is 344 g/mol. The van der Waals surface area contributed by atoms with E-state index in [4.69, 9.17) is 14.2 Å². The molecule has 0 amide bonds. The van der Waals surface area contributed by atoms with Crippen molar-refractivity contribution in [1.29, 1.82) is 0 Å². The SMILES string of the molecule is COc1cccc(OCCNCc2cnc(N3CCOCC3)nc2)c1. The van der Waals surface area contributed by atoms with Gasteiger partial charge < -0.3 is 24.4 Å². The summed E-state index contributed by atoms with van der Waals surface area (Å²) >= 11 is 0. The molecule has 2 heterocycles. The fourth-order valence-electron chi connectivity index (χ4n) is 2.53. The Labute approximate surface area is 147 Å². The third-order valence-corrected chi connectivity index (χ3v) is 3.90. The van der Waals surface area contributed by atoms with E-state index in [1.807, 2.05) is 36.7 Å². The van der Waals surface area contributed by atoms with Crippen LogP contribution in [-0.4, -0.2) is 56.5 Å². The third kappa shape index (κ3) is 5.30. The first-order chi connectivity index (χ1) is 12.3. The van der Waals surface area contributed by atoms with Gasteiger partial charge in [0, 0.05) is 50.2 Å². The lowest BCUT2D eigenvalue weighted by Crippen LogP contribution is -2.37. The Balaban J connectivity index is 1.37. The van der Waals surface area contributed by atoms with Gasteiger partial charge in [0.2, 0.25) is 5.95 Å². The summed E-state index contributed by atoms with van der Waals surface area (Å²) in [4.78, 5) is 11.0. The lowest BCUT2D eigenvalue weighted by molar-refractivity contribution is 0.122. The number of aromatic nitrogens is 2. The first-order valence-corrected chi connectivity index (χ1v) is 8.46. The van der Waals surface area contributed by atoms with Crippen molar-refractivity contribution in [2.24, 2.45) is 0 Å². The number of anilines is 1. The lowest BCUT2D eigenvalue weighted by atomic mass is 10.3. The highest BCUT2D eigenvalue weighted by molar-refractivity contribution is 5.33. The molecule has 0 radical (unpaired) electrons. The summed E-state index contributed by atoms with van der Waals surface area (Å²) in [7, 11) is 1.65. The van der Waals surface area contributed by atoms with Crippen LogP contribution in [0.15, 0.2) is 36.7 Å². The fourth-order valence-corrected chi connectivity index (χ4v) is 2.53. The van der Waals surface area contributed by atoms with E-state index in [0.717, 1.165) is 55.9 Å². The molecule has 0 bridgehead atoms. The van der Waals surface area contributed by atoms with Crippen LogP contribution in [0.5, 0.6) is 11.5 Å². The van der Waals surface area contributed by atoms with E-state index in [-0.39, 0.29) is 0 Å². The maximum Gasteiger partial charge on any atom is 0.225 e. The van der Waals surface area contributed by atoms with Gasteiger partial charge in [-0.15, -0.1) is 0 Å². The number of nitrogens with zero attached hydrogens (tertiary/aromatic N) is 3. The number of morpholine rings is 1. The van der Waals surface area contributed by atoms with Crippen LogP contribution in [0, 0.1) is 0 Å². The molecule has 0 saturated carbocycles. The Morgan fingerprint density at radius 1 is 1.16 bits per heavy atom. The first-order valence-electron chi connectivity index (χ1n) is 8.46. The molecule has 7 nitrogen and oxygen atoms in total. The van der Waals surface area contributed by atoms with Crippen molar-refractivity contribution in [3.63, 3.8) is 0 Å². The number of rotatable bonds is 8. The largest absolute Gasteiger partial charge is 0.497 e. The second-order valence-corrected chi connectivity index (χ2v) is 5.69. The van der Waals surface area contributed by atoms with Gasteiger partial charge in [-0.3, -0.25) is 0 Å². The standard InChI is InChI=1S/C18H24N4O3/c1-23-16-3-2-4-17(11-16)25-8-5-19-12-15-13-20-18(21-14-15)22-6-9-24-10-7-22/h2-4,11,13-14,19H,5-10,12H2,1H3. The minimum atomic E-state index is 0.583. The summed E-state index contributed by atoms with van der Waals surface area (Å²) in [6.45, 7) is 5.20. The normalized spacial score (nSPS) is 14.4. The zero-order valence-corrected chi connectivity index (χ0v) is 14.5. The third-order valence-electron chi connectivity index (χ3n) is 3.90. The molecule has 1 aromatic heterocycles. The molecule has 1 N–H and O–H groups in total. The summed E-state index contributed by atoms with van der Waals surface area (Å²) < 4.78 is 16.2. The molecule has 1 fully saturated rings. The van der Waals surface area contributed by atoms with Crippen LogP contribution in [0.1, 0.15) is 5.56 Å². The number of ether oxygens (including phenoxy) is 3.